The van der Waals surface area contributed by atoms with Gasteiger partial charge in [0.05, 0.1) is 22.0 Å². The highest BCUT2D eigenvalue weighted by Crippen LogP contribution is 2.43. The van der Waals surface area contributed by atoms with Crippen molar-refractivity contribution in [2.45, 2.75) is 39.5 Å². The molecule has 1 amide bonds. The number of thiophene rings is 1. The first-order valence-electron chi connectivity index (χ1n) is 11.8. The van der Waals surface area contributed by atoms with Crippen molar-refractivity contribution in [2.75, 3.05) is 11.9 Å². The van der Waals surface area contributed by atoms with E-state index in [0.717, 1.165) is 69.0 Å². The molecule has 2 N–H and O–H groups in total. The van der Waals surface area contributed by atoms with Gasteiger partial charge in [-0.25, -0.2) is 14.6 Å². The van der Waals surface area contributed by atoms with E-state index < -0.39 is 0 Å². The fourth-order valence-corrected chi connectivity index (χ4v) is 6.23. The molecule has 0 radical (unpaired) electrons. The van der Waals surface area contributed by atoms with Crippen LogP contribution in [0.25, 0.3) is 33.5 Å². The number of nitrogens with one attached hydrogen (secondary N) is 2. The second-order valence-electron chi connectivity index (χ2n) is 9.06. The average molecular weight is 487 g/mol. The molecule has 0 saturated heterocycles. The van der Waals surface area contributed by atoms with E-state index in [4.69, 9.17) is 9.72 Å². The number of anilines is 1. The number of amides is 1. The number of fused-ring (bicyclic) bond motifs is 3. The molecule has 0 unspecified atom stereocenters. The molecule has 0 saturated carbocycles. The van der Waals surface area contributed by atoms with Gasteiger partial charge in [0.15, 0.2) is 12.3 Å². The molecule has 5 aromatic rings. The van der Waals surface area contributed by atoms with Gasteiger partial charge in [-0.2, -0.15) is 0 Å². The molecule has 1 aromatic carbocycles. The van der Waals surface area contributed by atoms with Crippen molar-refractivity contribution in [3.05, 3.63) is 52.0 Å². The zero-order valence-electron chi connectivity index (χ0n) is 19.9. The van der Waals surface area contributed by atoms with E-state index in [1.807, 2.05) is 51.2 Å². The highest BCUT2D eigenvalue weighted by molar-refractivity contribution is 7.17. The number of ether oxygens (including phenoxy) is 1. The van der Waals surface area contributed by atoms with Gasteiger partial charge in [-0.3, -0.25) is 4.79 Å². The minimum absolute atomic E-state index is 0.137. The van der Waals surface area contributed by atoms with Gasteiger partial charge in [0.2, 0.25) is 5.88 Å². The third-order valence-corrected chi connectivity index (χ3v) is 7.68. The number of hydrogen-bond acceptors (Lipinski definition) is 6. The van der Waals surface area contributed by atoms with E-state index in [2.05, 4.69) is 20.4 Å². The number of nitrogens with zero attached hydrogens (tertiary/aromatic N) is 4. The van der Waals surface area contributed by atoms with Gasteiger partial charge in [-0.1, -0.05) is 12.1 Å². The number of hydrogen-bond donors (Lipinski definition) is 2. The van der Waals surface area contributed by atoms with E-state index in [0.29, 0.717) is 5.88 Å². The molecule has 1 aliphatic carbocycles. The van der Waals surface area contributed by atoms with Crippen LogP contribution in [0.2, 0.25) is 0 Å². The number of carbonyl (C=O) groups is 1. The number of imidazole rings is 1. The summed E-state index contributed by atoms with van der Waals surface area (Å²) in [6.07, 6.45) is 4.34. The number of para-hydroxylation sites is 2. The Morgan fingerprint density at radius 2 is 2.03 bits per heavy atom. The van der Waals surface area contributed by atoms with E-state index in [-0.39, 0.29) is 12.5 Å². The highest BCUT2D eigenvalue weighted by Gasteiger charge is 2.25. The van der Waals surface area contributed by atoms with E-state index in [1.165, 1.54) is 16.9 Å². The molecule has 0 atom stereocenters. The molecule has 0 aliphatic heterocycles. The van der Waals surface area contributed by atoms with Crippen LogP contribution >= 0.6 is 11.3 Å². The maximum atomic E-state index is 13.0. The zero-order valence-corrected chi connectivity index (χ0v) is 20.8. The second kappa shape index (κ2) is 8.49. The molecule has 178 valence electrons. The lowest BCUT2D eigenvalue weighted by atomic mass is 9.95. The zero-order chi connectivity index (χ0) is 24.1. The number of carbonyl (C=O) groups excluding carboxylic acids is 1. The number of rotatable bonds is 5. The molecule has 4 heterocycles. The van der Waals surface area contributed by atoms with E-state index >= 15 is 0 Å². The summed E-state index contributed by atoms with van der Waals surface area (Å²) in [5.74, 6) is 0.998. The number of pyridine rings is 1. The van der Waals surface area contributed by atoms with Crippen molar-refractivity contribution in [2.24, 2.45) is 7.05 Å². The fraction of sp³-hybridized carbons (Fsp3) is 0.308. The Kier molecular flexibility index (Phi) is 5.29. The summed E-state index contributed by atoms with van der Waals surface area (Å²) in [5, 5.41) is 9.21. The predicted octanol–water partition coefficient (Wildman–Crippen LogP) is 5.09. The molecule has 8 nitrogen and oxygen atoms in total. The normalized spacial score (nSPS) is 13.3. The van der Waals surface area contributed by atoms with Gasteiger partial charge >= 0.3 is 0 Å². The Morgan fingerprint density at radius 1 is 1.20 bits per heavy atom. The molecule has 0 spiro atoms. The maximum Gasteiger partial charge on any atom is 0.262 e. The van der Waals surface area contributed by atoms with Gasteiger partial charge < -0.3 is 15.0 Å². The van der Waals surface area contributed by atoms with Crippen molar-refractivity contribution in [3.63, 3.8) is 0 Å². The van der Waals surface area contributed by atoms with Crippen molar-refractivity contribution < 1.29 is 9.53 Å². The van der Waals surface area contributed by atoms with Crippen LogP contribution in [0.15, 0.2) is 30.3 Å². The summed E-state index contributed by atoms with van der Waals surface area (Å²) in [7, 11) is 1.83. The monoisotopic (exact) mass is 486 g/mol. The smallest absolute Gasteiger partial charge is 0.262 e. The molecule has 9 heteroatoms. The Hall–Kier alpha value is -3.72. The number of benzene rings is 1. The number of aromatic nitrogens is 5. The third-order valence-electron chi connectivity index (χ3n) is 6.48. The summed E-state index contributed by atoms with van der Waals surface area (Å²) in [6.45, 7) is 3.82. The number of aryl methyl sites for hydroxylation is 4. The topological polar surface area (TPSA) is 97.7 Å². The van der Waals surface area contributed by atoms with Crippen LogP contribution in [0.5, 0.6) is 5.88 Å². The quantitative estimate of drug-likeness (QED) is 0.361. The van der Waals surface area contributed by atoms with Crippen LogP contribution in [0.4, 0.5) is 5.00 Å². The van der Waals surface area contributed by atoms with Crippen molar-refractivity contribution in [1.29, 1.82) is 0 Å². The van der Waals surface area contributed by atoms with Crippen molar-refractivity contribution in [1.82, 2.24) is 24.7 Å². The number of aromatic amines is 1. The predicted molar refractivity (Wildman–Crippen MR) is 138 cm³/mol. The summed E-state index contributed by atoms with van der Waals surface area (Å²) < 4.78 is 7.58. The molecule has 0 bridgehead atoms. The van der Waals surface area contributed by atoms with Gasteiger partial charge in [-0.15, -0.1) is 16.4 Å². The maximum absolute atomic E-state index is 13.0. The minimum Gasteiger partial charge on any atom is -0.466 e. The first-order valence-corrected chi connectivity index (χ1v) is 12.6. The highest BCUT2D eigenvalue weighted by atomic mass is 32.1. The average Bonchev–Trinajstić information content (AvgIpc) is 3.50. The van der Waals surface area contributed by atoms with Crippen LogP contribution in [0.3, 0.4) is 0 Å². The van der Waals surface area contributed by atoms with Crippen LogP contribution in [0.1, 0.15) is 34.5 Å². The number of H-pyrrole nitrogens is 1. The summed E-state index contributed by atoms with van der Waals surface area (Å²) in [5.41, 5.74) is 6.89. The molecule has 1 aliphatic rings. The Balaban J connectivity index is 1.28. The lowest BCUT2D eigenvalue weighted by Gasteiger charge is -2.12. The molecule has 4 aromatic heterocycles. The first kappa shape index (κ1) is 21.8. The SMILES string of the molecule is Cc1cc(C)c2c(OCC(=O)Nc3sc4c(c3-c3nc5ccccc5[nH]3)CCCC4)nn(C)c2n1. The van der Waals surface area contributed by atoms with Crippen molar-refractivity contribution in [3.8, 4) is 17.3 Å². The first-order chi connectivity index (χ1) is 17.0. The van der Waals surface area contributed by atoms with Crippen molar-refractivity contribution >= 4 is 44.3 Å². The van der Waals surface area contributed by atoms with Crippen LogP contribution in [0, 0.1) is 13.8 Å². The fourth-order valence-electron chi connectivity index (χ4n) is 4.92. The van der Waals surface area contributed by atoms with Gasteiger partial charge in [0, 0.05) is 17.6 Å². The second-order valence-corrected chi connectivity index (χ2v) is 10.2. The molecule has 35 heavy (non-hydrogen) atoms. The molecule has 6 rings (SSSR count). The largest absolute Gasteiger partial charge is 0.466 e. The third kappa shape index (κ3) is 3.85. The Bertz CT molecular complexity index is 1560. The molecular weight excluding hydrogens is 460 g/mol. The van der Waals surface area contributed by atoms with Gasteiger partial charge in [0.25, 0.3) is 5.91 Å². The Morgan fingerprint density at radius 3 is 2.89 bits per heavy atom. The summed E-state index contributed by atoms with van der Waals surface area (Å²) >= 11 is 1.65. The minimum atomic E-state index is -0.225. The van der Waals surface area contributed by atoms with E-state index in [9.17, 15) is 4.79 Å². The Labute approximate surface area is 206 Å². The van der Waals surface area contributed by atoms with Gasteiger partial charge in [-0.05, 0) is 68.9 Å². The van der Waals surface area contributed by atoms with Crippen LogP contribution < -0.4 is 10.1 Å². The van der Waals surface area contributed by atoms with Crippen LogP contribution in [-0.4, -0.2) is 37.2 Å². The lowest BCUT2D eigenvalue weighted by molar-refractivity contribution is -0.118. The summed E-state index contributed by atoms with van der Waals surface area (Å²) in [6, 6.07) is 9.98. The lowest BCUT2D eigenvalue weighted by Crippen LogP contribution is -2.20. The molecular formula is C26H26N6O2S. The standard InChI is InChI=1S/C26H26N6O2S/c1-14-12-15(2)27-24-21(14)25(31-32(24)3)34-13-20(33)30-26-22(16-8-4-7-11-19(16)35-26)23-28-17-9-5-6-10-18(17)29-23/h5-6,9-10,12H,4,7-8,11,13H2,1-3H3,(H,28,29)(H,30,33). The van der Waals surface area contributed by atoms with E-state index in [1.54, 1.807) is 16.0 Å². The summed E-state index contributed by atoms with van der Waals surface area (Å²) in [4.78, 5) is 27.2. The van der Waals surface area contributed by atoms with Crippen LogP contribution in [-0.2, 0) is 24.7 Å². The van der Waals surface area contributed by atoms with Gasteiger partial charge in [0.1, 0.15) is 10.8 Å². The molecule has 0 fully saturated rings.